The molecular weight excluding hydrogens is 162 g/mol. The fraction of sp³-hybridized carbons (Fsp3) is 0.375. The third-order valence-corrected chi connectivity index (χ3v) is 1.68. The molecule has 0 atom stereocenters. The summed E-state index contributed by atoms with van der Waals surface area (Å²) in [6, 6.07) is 3.10. The van der Waals surface area contributed by atoms with Crippen molar-refractivity contribution >= 4 is 11.6 Å². The van der Waals surface area contributed by atoms with E-state index < -0.39 is 0 Å². The zero-order chi connectivity index (χ0) is 8.10. The number of rotatable bonds is 3. The van der Waals surface area contributed by atoms with E-state index in [0.717, 1.165) is 13.0 Å². The van der Waals surface area contributed by atoms with Crippen molar-refractivity contribution in [3.63, 3.8) is 0 Å². The summed E-state index contributed by atoms with van der Waals surface area (Å²) in [4.78, 5) is 10.7. The van der Waals surface area contributed by atoms with E-state index in [1.54, 1.807) is 24.5 Å². The first kappa shape index (κ1) is 8.34. The van der Waals surface area contributed by atoms with Crippen LogP contribution in [0.4, 0.5) is 0 Å². The Labute approximate surface area is 70.4 Å². The van der Waals surface area contributed by atoms with Crippen LogP contribution in [0.15, 0.2) is 29.3 Å². The number of aryl methyl sites for hydroxylation is 1. The lowest BCUT2D eigenvalue weighted by Gasteiger charge is -2.01. The SMILES string of the molecule is O=c1ccn(CCCCl)cc1. The molecule has 0 N–H and O–H groups in total. The second-order valence-electron chi connectivity index (χ2n) is 2.31. The van der Waals surface area contributed by atoms with Crippen molar-refractivity contribution in [3.05, 3.63) is 34.7 Å². The van der Waals surface area contributed by atoms with Crippen LogP contribution in [-0.2, 0) is 6.54 Å². The number of hydrogen-bond acceptors (Lipinski definition) is 1. The lowest BCUT2D eigenvalue weighted by atomic mass is 10.4. The smallest absolute Gasteiger partial charge is 0.181 e. The van der Waals surface area contributed by atoms with Crippen LogP contribution >= 0.6 is 11.6 Å². The summed E-state index contributed by atoms with van der Waals surface area (Å²) >= 11 is 5.51. The zero-order valence-corrected chi connectivity index (χ0v) is 6.92. The average Bonchev–Trinajstić information content (AvgIpc) is 2.04. The van der Waals surface area contributed by atoms with Crippen molar-refractivity contribution in [1.82, 2.24) is 4.57 Å². The molecule has 1 aromatic heterocycles. The van der Waals surface area contributed by atoms with Gasteiger partial charge in [0.15, 0.2) is 5.43 Å². The molecule has 0 aromatic carbocycles. The highest BCUT2D eigenvalue weighted by atomic mass is 35.5. The van der Waals surface area contributed by atoms with Crippen LogP contribution in [0, 0.1) is 0 Å². The van der Waals surface area contributed by atoms with E-state index in [2.05, 4.69) is 0 Å². The maximum Gasteiger partial charge on any atom is 0.181 e. The van der Waals surface area contributed by atoms with Gasteiger partial charge >= 0.3 is 0 Å². The molecule has 11 heavy (non-hydrogen) atoms. The Balaban J connectivity index is 2.59. The zero-order valence-electron chi connectivity index (χ0n) is 6.16. The Bertz CT molecular complexity index is 249. The number of pyridine rings is 1. The summed E-state index contributed by atoms with van der Waals surface area (Å²) in [6.07, 6.45) is 4.48. The lowest BCUT2D eigenvalue weighted by Crippen LogP contribution is -2.03. The first-order chi connectivity index (χ1) is 5.33. The minimum absolute atomic E-state index is 0.0483. The quantitative estimate of drug-likeness (QED) is 0.632. The number of nitrogens with zero attached hydrogens (tertiary/aromatic N) is 1. The Morgan fingerprint density at radius 3 is 2.55 bits per heavy atom. The molecule has 0 unspecified atom stereocenters. The third-order valence-electron chi connectivity index (χ3n) is 1.41. The second-order valence-corrected chi connectivity index (χ2v) is 2.69. The Hall–Kier alpha value is -0.760. The van der Waals surface area contributed by atoms with Gasteiger partial charge < -0.3 is 4.57 Å². The van der Waals surface area contributed by atoms with Gasteiger partial charge in [-0.1, -0.05) is 0 Å². The largest absolute Gasteiger partial charge is 0.354 e. The summed E-state index contributed by atoms with van der Waals surface area (Å²) in [7, 11) is 0. The first-order valence-electron chi connectivity index (χ1n) is 3.55. The molecule has 1 heterocycles. The van der Waals surface area contributed by atoms with E-state index in [1.165, 1.54) is 0 Å². The molecule has 1 aromatic rings. The Morgan fingerprint density at radius 1 is 1.36 bits per heavy atom. The molecule has 0 spiro atoms. The van der Waals surface area contributed by atoms with Crippen LogP contribution in [0.1, 0.15) is 6.42 Å². The van der Waals surface area contributed by atoms with Crippen LogP contribution in [0.25, 0.3) is 0 Å². The topological polar surface area (TPSA) is 22.0 Å². The molecule has 3 heteroatoms. The van der Waals surface area contributed by atoms with E-state index in [0.29, 0.717) is 5.88 Å². The van der Waals surface area contributed by atoms with E-state index in [4.69, 9.17) is 11.6 Å². The van der Waals surface area contributed by atoms with Gasteiger partial charge in [0.25, 0.3) is 0 Å². The van der Waals surface area contributed by atoms with Crippen LogP contribution in [0.2, 0.25) is 0 Å². The van der Waals surface area contributed by atoms with Gasteiger partial charge in [-0.3, -0.25) is 4.79 Å². The maximum absolute atomic E-state index is 10.7. The minimum atomic E-state index is 0.0483. The number of halogens is 1. The average molecular weight is 172 g/mol. The lowest BCUT2D eigenvalue weighted by molar-refractivity contribution is 0.676. The van der Waals surface area contributed by atoms with Gasteiger partial charge in [-0.05, 0) is 6.42 Å². The molecule has 0 saturated carbocycles. The summed E-state index contributed by atoms with van der Waals surface area (Å²) in [5.74, 6) is 0.659. The normalized spacial score (nSPS) is 9.91. The third kappa shape index (κ3) is 2.76. The molecule has 0 aliphatic carbocycles. The van der Waals surface area contributed by atoms with Crippen molar-refractivity contribution in [2.45, 2.75) is 13.0 Å². The molecule has 0 bridgehead atoms. The van der Waals surface area contributed by atoms with E-state index in [1.807, 2.05) is 4.57 Å². The molecular formula is C8H10ClNO. The van der Waals surface area contributed by atoms with E-state index in [9.17, 15) is 4.79 Å². The van der Waals surface area contributed by atoms with Crippen LogP contribution < -0.4 is 5.43 Å². The highest BCUT2D eigenvalue weighted by Crippen LogP contribution is 1.90. The first-order valence-corrected chi connectivity index (χ1v) is 4.08. The van der Waals surface area contributed by atoms with Gasteiger partial charge in [0.2, 0.25) is 0 Å². The number of alkyl halides is 1. The molecule has 0 aliphatic heterocycles. The standard InChI is InChI=1S/C8H10ClNO/c9-4-1-5-10-6-2-8(11)3-7-10/h2-3,6-7H,1,4-5H2. The maximum atomic E-state index is 10.7. The van der Waals surface area contributed by atoms with Crippen molar-refractivity contribution in [2.75, 3.05) is 5.88 Å². The molecule has 60 valence electrons. The summed E-state index contributed by atoms with van der Waals surface area (Å²) < 4.78 is 1.95. The minimum Gasteiger partial charge on any atom is -0.354 e. The van der Waals surface area contributed by atoms with Gasteiger partial charge in [-0.2, -0.15) is 0 Å². The monoisotopic (exact) mass is 171 g/mol. The van der Waals surface area contributed by atoms with E-state index >= 15 is 0 Å². The van der Waals surface area contributed by atoms with Crippen LogP contribution in [0.3, 0.4) is 0 Å². The fourth-order valence-electron chi connectivity index (χ4n) is 0.835. The molecule has 0 radical (unpaired) electrons. The van der Waals surface area contributed by atoms with Crippen molar-refractivity contribution in [2.24, 2.45) is 0 Å². The van der Waals surface area contributed by atoms with Crippen LogP contribution in [0.5, 0.6) is 0 Å². The number of aromatic nitrogens is 1. The molecule has 0 aliphatic rings. The summed E-state index contributed by atoms with van der Waals surface area (Å²) in [5.41, 5.74) is 0.0483. The van der Waals surface area contributed by atoms with Gasteiger partial charge in [0.05, 0.1) is 0 Å². The number of hydrogen-bond donors (Lipinski definition) is 0. The highest BCUT2D eigenvalue weighted by molar-refractivity contribution is 6.17. The Kier molecular flexibility index (Phi) is 3.17. The summed E-state index contributed by atoms with van der Waals surface area (Å²) in [6.45, 7) is 0.879. The predicted molar refractivity (Wildman–Crippen MR) is 46.0 cm³/mol. The Morgan fingerprint density at radius 2 is 2.00 bits per heavy atom. The summed E-state index contributed by atoms with van der Waals surface area (Å²) in [5, 5.41) is 0. The molecule has 0 amide bonds. The van der Waals surface area contributed by atoms with Gasteiger partial charge in [-0.15, -0.1) is 11.6 Å². The molecule has 0 fully saturated rings. The molecule has 2 nitrogen and oxygen atoms in total. The van der Waals surface area contributed by atoms with Crippen molar-refractivity contribution < 1.29 is 0 Å². The fourth-order valence-corrected chi connectivity index (χ4v) is 0.955. The van der Waals surface area contributed by atoms with E-state index in [-0.39, 0.29) is 5.43 Å². The second kappa shape index (κ2) is 4.19. The van der Waals surface area contributed by atoms with Gasteiger partial charge in [0, 0.05) is 37.0 Å². The van der Waals surface area contributed by atoms with Crippen molar-refractivity contribution in [1.29, 1.82) is 0 Å². The van der Waals surface area contributed by atoms with Gasteiger partial charge in [0.1, 0.15) is 0 Å². The predicted octanol–water partition coefficient (Wildman–Crippen LogP) is 1.48. The molecule has 1 rings (SSSR count). The van der Waals surface area contributed by atoms with Crippen LogP contribution in [-0.4, -0.2) is 10.4 Å². The van der Waals surface area contributed by atoms with Crippen molar-refractivity contribution in [3.8, 4) is 0 Å². The van der Waals surface area contributed by atoms with Gasteiger partial charge in [-0.25, -0.2) is 0 Å². The molecule has 0 saturated heterocycles. The highest BCUT2D eigenvalue weighted by Gasteiger charge is 1.87.